The molecule has 0 spiro atoms. The Bertz CT molecular complexity index is 603. The van der Waals surface area contributed by atoms with E-state index in [1.165, 1.54) is 0 Å². The van der Waals surface area contributed by atoms with E-state index in [9.17, 15) is 4.79 Å². The Kier molecular flexibility index (Phi) is 4.31. The van der Waals surface area contributed by atoms with Gasteiger partial charge in [-0.05, 0) is 12.8 Å². The Morgan fingerprint density at radius 3 is 3.00 bits per heavy atom. The van der Waals surface area contributed by atoms with Crippen LogP contribution >= 0.6 is 12.8 Å². The Hall–Kier alpha value is -1.33. The van der Waals surface area contributed by atoms with Gasteiger partial charge in [0.1, 0.15) is 11.5 Å². The van der Waals surface area contributed by atoms with Crippen LogP contribution in [-0.2, 0) is 13.0 Å². The first-order chi connectivity index (χ1) is 10.2. The zero-order chi connectivity index (χ0) is 14.8. The molecule has 1 aromatic rings. The molecule has 1 N–H and O–H groups in total. The number of thiol groups is 1. The molecule has 0 saturated heterocycles. The van der Waals surface area contributed by atoms with Crippen molar-refractivity contribution < 1.29 is 4.79 Å². The number of imidazole rings is 1. The Morgan fingerprint density at radius 1 is 1.43 bits per heavy atom. The van der Waals surface area contributed by atoms with Gasteiger partial charge in [-0.25, -0.2) is 4.98 Å². The third kappa shape index (κ3) is 2.72. The van der Waals surface area contributed by atoms with Crippen molar-refractivity contribution in [3.63, 3.8) is 0 Å². The lowest BCUT2D eigenvalue weighted by Crippen LogP contribution is -2.23. The Morgan fingerprint density at radius 2 is 2.24 bits per heavy atom. The molecule has 5 heteroatoms. The minimum atomic E-state index is 0.117. The minimum Gasteiger partial charge on any atom is -0.325 e. The van der Waals surface area contributed by atoms with E-state index in [4.69, 9.17) is 4.98 Å². The molecule has 0 fully saturated rings. The molecule has 2 atom stereocenters. The highest BCUT2D eigenvalue weighted by molar-refractivity contribution is 7.78. The fourth-order valence-corrected chi connectivity index (χ4v) is 3.57. The summed E-state index contributed by atoms with van der Waals surface area (Å²) in [6, 6.07) is 0. The van der Waals surface area contributed by atoms with Crippen molar-refractivity contribution in [3.05, 3.63) is 41.5 Å². The second-order valence-corrected chi connectivity index (χ2v) is 6.06. The van der Waals surface area contributed by atoms with E-state index in [0.29, 0.717) is 0 Å². The first kappa shape index (κ1) is 14.6. The van der Waals surface area contributed by atoms with Crippen LogP contribution in [0.3, 0.4) is 0 Å². The number of Topliss-reactive ketones (excluding diaryl/α,β-unsaturated/α-hetero) is 1. The van der Waals surface area contributed by atoms with Crippen molar-refractivity contribution in [2.75, 3.05) is 6.54 Å². The van der Waals surface area contributed by atoms with Crippen LogP contribution < -0.4 is 4.72 Å². The van der Waals surface area contributed by atoms with E-state index in [-0.39, 0.29) is 17.6 Å². The normalized spacial score (nSPS) is 24.1. The molecule has 4 nitrogen and oxygen atoms in total. The summed E-state index contributed by atoms with van der Waals surface area (Å²) < 4.78 is 5.07. The largest absolute Gasteiger partial charge is 0.325 e. The number of ketones is 1. The first-order valence-corrected chi connectivity index (χ1v) is 7.99. The minimum absolute atomic E-state index is 0.117. The van der Waals surface area contributed by atoms with Crippen LogP contribution in [0.2, 0.25) is 0 Å². The van der Waals surface area contributed by atoms with Crippen LogP contribution in [0.1, 0.15) is 47.7 Å². The van der Waals surface area contributed by atoms with Crippen molar-refractivity contribution in [1.29, 1.82) is 0 Å². The number of hydrogen-bond acceptors (Lipinski definition) is 4. The monoisotopic (exact) mass is 303 g/mol. The van der Waals surface area contributed by atoms with Gasteiger partial charge >= 0.3 is 0 Å². The smallest absolute Gasteiger partial charge is 0.178 e. The number of allylic oxidation sites excluding steroid dienone is 3. The summed E-state index contributed by atoms with van der Waals surface area (Å²) in [5.41, 5.74) is 1.74. The fraction of sp³-hybridized carbons (Fsp3) is 0.500. The van der Waals surface area contributed by atoms with Gasteiger partial charge in [0, 0.05) is 38.3 Å². The van der Waals surface area contributed by atoms with Crippen molar-refractivity contribution in [1.82, 2.24) is 14.3 Å². The van der Waals surface area contributed by atoms with Gasteiger partial charge < -0.3 is 4.57 Å². The molecule has 2 heterocycles. The maximum Gasteiger partial charge on any atom is 0.178 e. The maximum atomic E-state index is 12.2. The molecule has 112 valence electrons. The Balaban J connectivity index is 2.04. The number of nitrogens with one attached hydrogen (secondary N) is 1. The predicted octanol–water partition coefficient (Wildman–Crippen LogP) is 2.68. The van der Waals surface area contributed by atoms with Gasteiger partial charge in [-0.1, -0.05) is 37.1 Å². The summed E-state index contributed by atoms with van der Waals surface area (Å²) >= 11 is 4.12. The highest BCUT2D eigenvalue weighted by atomic mass is 32.1. The van der Waals surface area contributed by atoms with Gasteiger partial charge in [0.15, 0.2) is 5.78 Å². The number of nitrogens with zero attached hydrogens (tertiary/aromatic N) is 2. The molecule has 2 aliphatic rings. The number of carbonyl (C=O) groups excluding carboxylic acids is 1. The molecular formula is C16H21N3OS. The van der Waals surface area contributed by atoms with Crippen LogP contribution in [0.4, 0.5) is 0 Å². The van der Waals surface area contributed by atoms with E-state index in [2.05, 4.69) is 40.3 Å². The van der Waals surface area contributed by atoms with Crippen LogP contribution in [0.15, 0.2) is 24.3 Å². The second kappa shape index (κ2) is 6.20. The van der Waals surface area contributed by atoms with E-state index in [0.717, 1.165) is 49.6 Å². The number of aromatic nitrogens is 2. The Labute approximate surface area is 130 Å². The van der Waals surface area contributed by atoms with Crippen LogP contribution in [0.25, 0.3) is 0 Å². The van der Waals surface area contributed by atoms with E-state index >= 15 is 0 Å². The third-order valence-electron chi connectivity index (χ3n) is 4.33. The summed E-state index contributed by atoms with van der Waals surface area (Å²) in [7, 11) is 0. The molecule has 21 heavy (non-hydrogen) atoms. The van der Waals surface area contributed by atoms with E-state index < -0.39 is 0 Å². The van der Waals surface area contributed by atoms with Gasteiger partial charge in [-0.3, -0.25) is 9.52 Å². The summed E-state index contributed by atoms with van der Waals surface area (Å²) in [5, 5.41) is 0. The summed E-state index contributed by atoms with van der Waals surface area (Å²) in [6.45, 7) is 3.32. The molecule has 3 rings (SSSR count). The van der Waals surface area contributed by atoms with Crippen molar-refractivity contribution >= 4 is 18.6 Å². The zero-order valence-corrected chi connectivity index (χ0v) is 13.1. The number of aryl methyl sites for hydroxylation is 1. The second-order valence-electron chi connectivity index (χ2n) is 5.75. The quantitative estimate of drug-likeness (QED) is 0.664. The van der Waals surface area contributed by atoms with Gasteiger partial charge in [0.2, 0.25) is 0 Å². The molecule has 1 aliphatic carbocycles. The van der Waals surface area contributed by atoms with Crippen molar-refractivity contribution in [2.45, 2.75) is 38.6 Å². The topological polar surface area (TPSA) is 46.9 Å². The number of fused-ring (bicyclic) bond motifs is 1. The van der Waals surface area contributed by atoms with Gasteiger partial charge in [-0.15, -0.1) is 0 Å². The number of rotatable bonds is 4. The molecule has 0 radical (unpaired) electrons. The van der Waals surface area contributed by atoms with Gasteiger partial charge in [0.05, 0.1) is 5.69 Å². The molecule has 1 aromatic heterocycles. The molecule has 0 aromatic carbocycles. The molecule has 0 amide bonds. The molecule has 2 unspecified atom stereocenters. The highest BCUT2D eigenvalue weighted by Crippen LogP contribution is 2.33. The number of carbonyl (C=O) groups is 1. The van der Waals surface area contributed by atoms with Crippen molar-refractivity contribution in [3.8, 4) is 0 Å². The van der Waals surface area contributed by atoms with Crippen LogP contribution in [-0.4, -0.2) is 21.9 Å². The average molecular weight is 303 g/mol. The summed E-state index contributed by atoms with van der Waals surface area (Å²) in [5.74, 6) is 1.61. The lowest BCUT2D eigenvalue weighted by molar-refractivity contribution is 0.100. The molecule has 0 saturated carbocycles. The standard InChI is InChI=1S/C16H21N3OS/c1-11(20)16-15(18-14-8-4-5-9-19(14)16)13-7-3-2-6-12(13)10-17-21/h2-3,6-7,12-13,17,21H,4-5,8-10H2,1H3. The summed E-state index contributed by atoms with van der Waals surface area (Å²) in [6.07, 6.45) is 11.7. The van der Waals surface area contributed by atoms with Gasteiger partial charge in [0.25, 0.3) is 0 Å². The lowest BCUT2D eigenvalue weighted by atomic mass is 9.85. The maximum absolute atomic E-state index is 12.2. The molecule has 1 aliphatic heterocycles. The SMILES string of the molecule is CC(=O)c1c(C2C=CC=CC2CNS)nc2n1CCCC2. The lowest BCUT2D eigenvalue weighted by Gasteiger charge is -2.23. The zero-order valence-electron chi connectivity index (χ0n) is 12.2. The first-order valence-electron chi connectivity index (χ1n) is 7.54. The fourth-order valence-electron chi connectivity index (χ4n) is 3.35. The predicted molar refractivity (Wildman–Crippen MR) is 86.7 cm³/mol. The average Bonchev–Trinajstić information content (AvgIpc) is 2.87. The molecular weight excluding hydrogens is 282 g/mol. The van der Waals surface area contributed by atoms with Crippen molar-refractivity contribution in [2.24, 2.45) is 5.92 Å². The van der Waals surface area contributed by atoms with E-state index in [1.807, 2.05) is 6.08 Å². The van der Waals surface area contributed by atoms with E-state index in [1.54, 1.807) is 6.92 Å². The highest BCUT2D eigenvalue weighted by Gasteiger charge is 2.30. The third-order valence-corrected chi connectivity index (χ3v) is 4.51. The van der Waals surface area contributed by atoms with Crippen LogP contribution in [0, 0.1) is 5.92 Å². The number of hydrogen-bond donors (Lipinski definition) is 2. The molecule has 0 bridgehead atoms. The summed E-state index contributed by atoms with van der Waals surface area (Å²) in [4.78, 5) is 17.0. The van der Waals surface area contributed by atoms with Gasteiger partial charge in [-0.2, -0.15) is 0 Å². The van der Waals surface area contributed by atoms with Crippen LogP contribution in [0.5, 0.6) is 0 Å².